The van der Waals surface area contributed by atoms with Crippen LogP contribution in [0, 0.1) is 41.3 Å². The van der Waals surface area contributed by atoms with Crippen molar-refractivity contribution in [3.05, 3.63) is 41.7 Å². The Morgan fingerprint density at radius 1 is 1.03 bits per heavy atom. The van der Waals surface area contributed by atoms with Crippen LogP contribution in [-0.2, 0) is 11.2 Å². The fraction of sp³-hybridized carbons (Fsp3) is 0.719. The van der Waals surface area contributed by atoms with Crippen LogP contribution in [0.2, 0.25) is 0 Å². The van der Waals surface area contributed by atoms with Gasteiger partial charge in [0.1, 0.15) is 11.6 Å². The van der Waals surface area contributed by atoms with Gasteiger partial charge in [0.2, 0.25) is 0 Å². The number of hydrogen-bond donors (Lipinski definition) is 0. The van der Waals surface area contributed by atoms with Gasteiger partial charge < -0.3 is 4.74 Å². The van der Waals surface area contributed by atoms with Gasteiger partial charge in [0.15, 0.2) is 0 Å². The minimum Gasteiger partial charge on any atom is -0.426 e. The van der Waals surface area contributed by atoms with Gasteiger partial charge in [-0.25, -0.2) is 4.39 Å². The predicted molar refractivity (Wildman–Crippen MR) is 142 cm³/mol. The van der Waals surface area contributed by atoms with E-state index in [4.69, 9.17) is 4.74 Å². The fourth-order valence-corrected chi connectivity index (χ4v) is 7.55. The number of unbranched alkanes of at least 4 members (excludes halogenated alkanes) is 1. The molecule has 0 radical (unpaired) electrons. The Morgan fingerprint density at radius 2 is 1.83 bits per heavy atom. The van der Waals surface area contributed by atoms with Crippen LogP contribution in [0.25, 0.3) is 0 Å². The molecule has 3 saturated carbocycles. The fourth-order valence-electron chi connectivity index (χ4n) is 7.55. The lowest BCUT2D eigenvalue weighted by atomic mass is 9.59. The van der Waals surface area contributed by atoms with E-state index in [-0.39, 0.29) is 17.7 Å². The summed E-state index contributed by atoms with van der Waals surface area (Å²) in [7, 11) is 0. The number of aryl methyl sites for hydroxylation is 1. The van der Waals surface area contributed by atoms with Crippen LogP contribution in [0.4, 0.5) is 4.39 Å². The Hall–Kier alpha value is -1.64. The van der Waals surface area contributed by atoms with Crippen LogP contribution in [0.5, 0.6) is 5.75 Å². The molecule has 0 spiro atoms. The summed E-state index contributed by atoms with van der Waals surface area (Å²) in [5.74, 6) is 3.82. The number of allylic oxidation sites excluding steroid dienone is 2. The first-order chi connectivity index (χ1) is 17.1. The summed E-state index contributed by atoms with van der Waals surface area (Å²) < 4.78 is 20.3. The van der Waals surface area contributed by atoms with Crippen molar-refractivity contribution in [2.45, 2.75) is 110 Å². The van der Waals surface area contributed by atoms with Gasteiger partial charge >= 0.3 is 5.97 Å². The zero-order chi connectivity index (χ0) is 24.6. The summed E-state index contributed by atoms with van der Waals surface area (Å²) in [5, 5.41) is 0. The summed E-state index contributed by atoms with van der Waals surface area (Å²) in [4.78, 5) is 13.2. The van der Waals surface area contributed by atoms with E-state index in [1.54, 1.807) is 12.1 Å². The molecule has 1 aromatic rings. The SMILES string of the molecule is C/C=C/CCc1ccc(OC(=O)C2CCCC3CC(C4CCC(CCCC)CC4)CCC32)cc1F. The molecule has 1 aromatic carbocycles. The molecule has 0 aliphatic heterocycles. The third-order valence-electron chi connectivity index (χ3n) is 9.57. The maximum absolute atomic E-state index is 14.5. The van der Waals surface area contributed by atoms with E-state index in [1.807, 2.05) is 19.1 Å². The Labute approximate surface area is 213 Å². The lowest BCUT2D eigenvalue weighted by Crippen LogP contribution is -2.40. The van der Waals surface area contributed by atoms with Crippen LogP contribution in [0.1, 0.15) is 109 Å². The summed E-state index contributed by atoms with van der Waals surface area (Å²) >= 11 is 0. The van der Waals surface area contributed by atoms with Crippen LogP contribution in [-0.4, -0.2) is 5.97 Å². The van der Waals surface area contributed by atoms with Gasteiger partial charge in [-0.05, 0) is 99.5 Å². The number of benzene rings is 1. The molecule has 35 heavy (non-hydrogen) atoms. The molecule has 3 aliphatic carbocycles. The highest BCUT2D eigenvalue weighted by atomic mass is 19.1. The highest BCUT2D eigenvalue weighted by Gasteiger charge is 2.43. The third-order valence-corrected chi connectivity index (χ3v) is 9.57. The lowest BCUT2D eigenvalue weighted by Gasteiger charge is -2.46. The van der Waals surface area contributed by atoms with Crippen molar-refractivity contribution in [3.63, 3.8) is 0 Å². The van der Waals surface area contributed by atoms with E-state index >= 15 is 0 Å². The maximum atomic E-state index is 14.5. The minimum atomic E-state index is -0.272. The number of carbonyl (C=O) groups is 1. The van der Waals surface area contributed by atoms with Crippen molar-refractivity contribution in [1.29, 1.82) is 0 Å². The van der Waals surface area contributed by atoms with E-state index in [9.17, 15) is 9.18 Å². The standard InChI is InChI=1S/C32H47FO2/c1-3-5-7-10-25-17-19-28(22-31(25)33)35-32(34)30-12-8-11-27-21-26(18-20-29(27)30)24-15-13-23(14-16-24)9-6-4-2/h3,5,17,19,22-24,26-27,29-30H,4,6-16,18,20-21H2,1-2H3/b5-3+. The second kappa shape index (κ2) is 13.1. The summed E-state index contributed by atoms with van der Waals surface area (Å²) in [6, 6.07) is 4.93. The third kappa shape index (κ3) is 6.98. The molecule has 3 heteroatoms. The number of rotatable bonds is 9. The normalized spacial score (nSPS) is 31.3. The molecule has 4 unspecified atom stereocenters. The topological polar surface area (TPSA) is 26.3 Å². The molecule has 2 nitrogen and oxygen atoms in total. The van der Waals surface area contributed by atoms with E-state index in [1.165, 1.54) is 76.7 Å². The summed E-state index contributed by atoms with van der Waals surface area (Å²) in [6.07, 6.45) is 22.5. The number of carbonyl (C=O) groups excluding carboxylic acids is 1. The number of hydrogen-bond acceptors (Lipinski definition) is 2. The highest BCUT2D eigenvalue weighted by molar-refractivity contribution is 5.75. The average Bonchev–Trinajstić information content (AvgIpc) is 2.88. The first kappa shape index (κ1) is 26.4. The maximum Gasteiger partial charge on any atom is 0.314 e. The first-order valence-corrected chi connectivity index (χ1v) is 14.7. The highest BCUT2D eigenvalue weighted by Crippen LogP contribution is 2.50. The van der Waals surface area contributed by atoms with Gasteiger partial charge in [-0.2, -0.15) is 0 Å². The molecule has 0 heterocycles. The molecule has 0 aromatic heterocycles. The van der Waals surface area contributed by atoms with Crippen LogP contribution in [0.15, 0.2) is 30.4 Å². The zero-order valence-corrected chi connectivity index (χ0v) is 22.2. The van der Waals surface area contributed by atoms with E-state index in [2.05, 4.69) is 6.92 Å². The molecule has 0 saturated heterocycles. The Morgan fingerprint density at radius 3 is 2.57 bits per heavy atom. The van der Waals surface area contributed by atoms with Crippen molar-refractivity contribution < 1.29 is 13.9 Å². The smallest absolute Gasteiger partial charge is 0.314 e. The van der Waals surface area contributed by atoms with Crippen LogP contribution >= 0.6 is 0 Å². The van der Waals surface area contributed by atoms with Crippen molar-refractivity contribution in [1.82, 2.24) is 0 Å². The zero-order valence-electron chi connectivity index (χ0n) is 22.2. The van der Waals surface area contributed by atoms with E-state index in [0.29, 0.717) is 29.6 Å². The summed E-state index contributed by atoms with van der Waals surface area (Å²) in [6.45, 7) is 4.28. The van der Waals surface area contributed by atoms with Gasteiger partial charge in [-0.15, -0.1) is 0 Å². The quantitative estimate of drug-likeness (QED) is 0.199. The molecule has 194 valence electrons. The largest absolute Gasteiger partial charge is 0.426 e. The molecular formula is C32H47FO2. The Balaban J connectivity index is 1.29. The Kier molecular flexibility index (Phi) is 9.86. The Bertz CT molecular complexity index is 838. The molecule has 4 rings (SSSR count). The second-order valence-corrected chi connectivity index (χ2v) is 11.7. The second-order valence-electron chi connectivity index (χ2n) is 11.7. The van der Waals surface area contributed by atoms with Crippen LogP contribution in [0.3, 0.4) is 0 Å². The lowest BCUT2D eigenvalue weighted by molar-refractivity contribution is -0.144. The van der Waals surface area contributed by atoms with Crippen LogP contribution < -0.4 is 4.74 Å². The molecule has 3 aliphatic rings. The van der Waals surface area contributed by atoms with Gasteiger partial charge in [0.05, 0.1) is 5.92 Å². The van der Waals surface area contributed by atoms with E-state index in [0.717, 1.165) is 37.0 Å². The number of fused-ring (bicyclic) bond motifs is 1. The van der Waals surface area contributed by atoms with Crippen molar-refractivity contribution >= 4 is 5.97 Å². The minimum absolute atomic E-state index is 0.0168. The van der Waals surface area contributed by atoms with Gasteiger partial charge in [0, 0.05) is 6.07 Å². The molecule has 0 bridgehead atoms. The monoisotopic (exact) mass is 482 g/mol. The van der Waals surface area contributed by atoms with Crippen molar-refractivity contribution in [3.8, 4) is 5.75 Å². The average molecular weight is 483 g/mol. The number of ether oxygens (including phenoxy) is 1. The van der Waals surface area contributed by atoms with Gasteiger partial charge in [-0.1, -0.05) is 70.1 Å². The van der Waals surface area contributed by atoms with Crippen molar-refractivity contribution in [2.24, 2.45) is 35.5 Å². The molecule has 0 N–H and O–H groups in total. The first-order valence-electron chi connectivity index (χ1n) is 14.7. The van der Waals surface area contributed by atoms with Gasteiger partial charge in [-0.3, -0.25) is 4.79 Å². The van der Waals surface area contributed by atoms with Gasteiger partial charge in [0.25, 0.3) is 0 Å². The number of halogens is 1. The molecule has 4 atom stereocenters. The number of esters is 1. The summed E-state index contributed by atoms with van der Waals surface area (Å²) in [5.41, 5.74) is 0.679. The van der Waals surface area contributed by atoms with E-state index < -0.39 is 0 Å². The predicted octanol–water partition coefficient (Wildman–Crippen LogP) is 9.07. The molecule has 0 amide bonds. The van der Waals surface area contributed by atoms with Crippen molar-refractivity contribution in [2.75, 3.05) is 0 Å². The molecule has 3 fully saturated rings. The molecular weight excluding hydrogens is 435 g/mol.